The van der Waals surface area contributed by atoms with Crippen LogP contribution in [0.25, 0.3) is 11.4 Å². The number of pyridine rings is 1. The molecule has 1 N–H and O–H groups in total. The fourth-order valence-electron chi connectivity index (χ4n) is 3.40. The molecule has 6 heteroatoms. The van der Waals surface area contributed by atoms with Crippen LogP contribution in [0.1, 0.15) is 46.2 Å². The maximum atomic E-state index is 12.2. The molecule has 0 saturated carbocycles. The van der Waals surface area contributed by atoms with Gasteiger partial charge in [0, 0.05) is 54.8 Å². The van der Waals surface area contributed by atoms with Gasteiger partial charge in [0.25, 0.3) is 0 Å². The molecular weight excluding hydrogens is 350 g/mol. The van der Waals surface area contributed by atoms with Gasteiger partial charge in [-0.05, 0) is 37.3 Å². The summed E-state index contributed by atoms with van der Waals surface area (Å²) in [7, 11) is 0. The van der Waals surface area contributed by atoms with Gasteiger partial charge in [0.1, 0.15) is 5.82 Å². The minimum atomic E-state index is -0.351. The van der Waals surface area contributed by atoms with Gasteiger partial charge in [-0.25, -0.2) is 9.97 Å². The number of amides is 1. The zero-order valence-electron chi connectivity index (χ0n) is 17.4. The minimum Gasteiger partial charge on any atom is -0.356 e. The lowest BCUT2D eigenvalue weighted by Crippen LogP contribution is -2.43. The number of aromatic nitrogens is 3. The summed E-state index contributed by atoms with van der Waals surface area (Å²) in [6, 6.07) is 5.99. The first-order valence-electron chi connectivity index (χ1n) is 10.2. The molecule has 1 aliphatic heterocycles. The Balaban J connectivity index is 1.74. The second-order valence-corrected chi connectivity index (χ2v) is 8.54. The van der Waals surface area contributed by atoms with Crippen LogP contribution in [0.2, 0.25) is 0 Å². The molecule has 0 bridgehead atoms. The molecule has 1 aliphatic rings. The molecule has 0 aliphatic carbocycles. The highest BCUT2D eigenvalue weighted by molar-refractivity contribution is 5.81. The number of nitrogens with one attached hydrogen (secondary N) is 1. The Hall–Kier alpha value is -2.50. The standard InChI is InChI=1S/C22H31N5O/c1-5-18-13-19(26-20(25-18)17-8-10-23-11-9-17)27-12-6-7-16(15-27)14-24-21(28)22(2,3)4/h8-11,13,16H,5-7,12,14-15H2,1-4H3,(H,24,28). The van der Waals surface area contributed by atoms with Crippen LogP contribution in [0.5, 0.6) is 0 Å². The van der Waals surface area contributed by atoms with Gasteiger partial charge in [0.15, 0.2) is 5.82 Å². The van der Waals surface area contributed by atoms with Gasteiger partial charge in [-0.15, -0.1) is 0 Å². The van der Waals surface area contributed by atoms with E-state index in [0.717, 1.165) is 61.8 Å². The van der Waals surface area contributed by atoms with E-state index < -0.39 is 0 Å². The van der Waals surface area contributed by atoms with Crippen LogP contribution in [-0.2, 0) is 11.2 Å². The van der Waals surface area contributed by atoms with E-state index in [-0.39, 0.29) is 11.3 Å². The molecule has 1 saturated heterocycles. The van der Waals surface area contributed by atoms with Crippen molar-refractivity contribution in [3.8, 4) is 11.4 Å². The second-order valence-electron chi connectivity index (χ2n) is 8.54. The molecule has 150 valence electrons. The lowest BCUT2D eigenvalue weighted by molar-refractivity contribution is -0.128. The predicted molar refractivity (Wildman–Crippen MR) is 112 cm³/mol. The van der Waals surface area contributed by atoms with Crippen molar-refractivity contribution in [1.82, 2.24) is 20.3 Å². The Labute approximate surface area is 167 Å². The van der Waals surface area contributed by atoms with E-state index in [1.54, 1.807) is 12.4 Å². The third-order valence-electron chi connectivity index (χ3n) is 5.14. The number of carbonyl (C=O) groups is 1. The molecule has 1 amide bonds. The van der Waals surface area contributed by atoms with Gasteiger partial charge in [0.2, 0.25) is 5.91 Å². The Morgan fingerprint density at radius 2 is 2.00 bits per heavy atom. The van der Waals surface area contributed by atoms with Crippen molar-refractivity contribution < 1.29 is 4.79 Å². The monoisotopic (exact) mass is 381 g/mol. The Kier molecular flexibility index (Phi) is 6.27. The van der Waals surface area contributed by atoms with E-state index in [1.807, 2.05) is 32.9 Å². The summed E-state index contributed by atoms with van der Waals surface area (Å²) in [4.78, 5) is 28.2. The van der Waals surface area contributed by atoms with Crippen LogP contribution in [0.4, 0.5) is 5.82 Å². The average Bonchev–Trinajstić information content (AvgIpc) is 2.71. The number of piperidine rings is 1. The van der Waals surface area contributed by atoms with Crippen molar-refractivity contribution >= 4 is 11.7 Å². The summed E-state index contributed by atoms with van der Waals surface area (Å²) in [6.45, 7) is 10.6. The Bertz CT molecular complexity index is 800. The molecular formula is C22H31N5O. The van der Waals surface area contributed by atoms with Crippen LogP contribution in [-0.4, -0.2) is 40.5 Å². The van der Waals surface area contributed by atoms with Crippen molar-refractivity contribution in [3.63, 3.8) is 0 Å². The van der Waals surface area contributed by atoms with E-state index in [0.29, 0.717) is 5.92 Å². The highest BCUT2D eigenvalue weighted by atomic mass is 16.2. The SMILES string of the molecule is CCc1cc(N2CCCC(CNC(=O)C(C)(C)C)C2)nc(-c2ccncc2)n1. The van der Waals surface area contributed by atoms with E-state index in [9.17, 15) is 4.79 Å². The molecule has 3 rings (SSSR count). The van der Waals surface area contributed by atoms with Crippen molar-refractivity contribution in [2.75, 3.05) is 24.5 Å². The number of hydrogen-bond donors (Lipinski definition) is 1. The fourth-order valence-corrected chi connectivity index (χ4v) is 3.40. The van der Waals surface area contributed by atoms with E-state index in [4.69, 9.17) is 9.97 Å². The van der Waals surface area contributed by atoms with Gasteiger partial charge in [-0.2, -0.15) is 0 Å². The normalized spacial score (nSPS) is 17.4. The summed E-state index contributed by atoms with van der Waals surface area (Å²) < 4.78 is 0. The van der Waals surface area contributed by atoms with Crippen LogP contribution in [0.3, 0.4) is 0 Å². The minimum absolute atomic E-state index is 0.111. The zero-order valence-corrected chi connectivity index (χ0v) is 17.4. The van der Waals surface area contributed by atoms with E-state index >= 15 is 0 Å². The summed E-state index contributed by atoms with van der Waals surface area (Å²) >= 11 is 0. The quantitative estimate of drug-likeness (QED) is 0.858. The predicted octanol–water partition coefficient (Wildman–Crippen LogP) is 3.48. The molecule has 1 unspecified atom stereocenters. The second kappa shape index (κ2) is 8.67. The van der Waals surface area contributed by atoms with Crippen molar-refractivity contribution in [2.24, 2.45) is 11.3 Å². The molecule has 1 fully saturated rings. The average molecular weight is 382 g/mol. The van der Waals surface area contributed by atoms with Gasteiger partial charge in [0.05, 0.1) is 0 Å². The molecule has 0 radical (unpaired) electrons. The zero-order chi connectivity index (χ0) is 20.1. The van der Waals surface area contributed by atoms with Crippen LogP contribution >= 0.6 is 0 Å². The summed E-state index contributed by atoms with van der Waals surface area (Å²) in [5.41, 5.74) is 1.67. The molecule has 6 nitrogen and oxygen atoms in total. The van der Waals surface area contributed by atoms with Crippen molar-refractivity contribution in [2.45, 2.75) is 47.0 Å². The Morgan fingerprint density at radius 3 is 2.68 bits per heavy atom. The van der Waals surface area contributed by atoms with Gasteiger partial charge in [-0.1, -0.05) is 27.7 Å². The lowest BCUT2D eigenvalue weighted by Gasteiger charge is -2.34. The maximum absolute atomic E-state index is 12.2. The van der Waals surface area contributed by atoms with Gasteiger partial charge < -0.3 is 10.2 Å². The number of rotatable bonds is 5. The molecule has 2 aromatic rings. The number of anilines is 1. The largest absolute Gasteiger partial charge is 0.356 e. The fraction of sp³-hybridized carbons (Fsp3) is 0.545. The molecule has 3 heterocycles. The smallest absolute Gasteiger partial charge is 0.225 e. The van der Waals surface area contributed by atoms with Crippen LogP contribution < -0.4 is 10.2 Å². The first-order valence-corrected chi connectivity index (χ1v) is 10.2. The maximum Gasteiger partial charge on any atom is 0.225 e. The van der Waals surface area contributed by atoms with Crippen molar-refractivity contribution in [3.05, 3.63) is 36.3 Å². The first kappa shape index (κ1) is 20.2. The van der Waals surface area contributed by atoms with Gasteiger partial charge in [-0.3, -0.25) is 9.78 Å². The summed E-state index contributed by atoms with van der Waals surface area (Å²) in [5.74, 6) is 2.27. The van der Waals surface area contributed by atoms with E-state index in [2.05, 4.69) is 28.2 Å². The summed E-state index contributed by atoms with van der Waals surface area (Å²) in [6.07, 6.45) is 6.64. The molecule has 0 aromatic carbocycles. The van der Waals surface area contributed by atoms with Crippen LogP contribution in [0, 0.1) is 11.3 Å². The lowest BCUT2D eigenvalue weighted by atomic mass is 9.94. The Morgan fingerprint density at radius 1 is 1.25 bits per heavy atom. The van der Waals surface area contributed by atoms with Gasteiger partial charge >= 0.3 is 0 Å². The topological polar surface area (TPSA) is 71.0 Å². The van der Waals surface area contributed by atoms with Crippen LogP contribution in [0.15, 0.2) is 30.6 Å². The number of nitrogens with zero attached hydrogens (tertiary/aromatic N) is 4. The number of carbonyl (C=O) groups excluding carboxylic acids is 1. The molecule has 1 atom stereocenters. The third kappa shape index (κ3) is 5.06. The summed E-state index contributed by atoms with van der Waals surface area (Å²) in [5, 5.41) is 3.12. The highest BCUT2D eigenvalue weighted by Gasteiger charge is 2.25. The highest BCUT2D eigenvalue weighted by Crippen LogP contribution is 2.25. The number of aryl methyl sites for hydroxylation is 1. The molecule has 28 heavy (non-hydrogen) atoms. The third-order valence-corrected chi connectivity index (χ3v) is 5.14. The van der Waals surface area contributed by atoms with Crippen molar-refractivity contribution in [1.29, 1.82) is 0 Å². The van der Waals surface area contributed by atoms with E-state index in [1.165, 1.54) is 0 Å². The first-order chi connectivity index (χ1) is 13.4. The molecule has 0 spiro atoms. The molecule has 2 aromatic heterocycles. The number of hydrogen-bond acceptors (Lipinski definition) is 5.